The van der Waals surface area contributed by atoms with Gasteiger partial charge in [-0.25, -0.2) is 0 Å². The van der Waals surface area contributed by atoms with Crippen LogP contribution in [0.5, 0.6) is 11.5 Å². The van der Waals surface area contributed by atoms with E-state index in [1.165, 1.54) is 0 Å². The summed E-state index contributed by atoms with van der Waals surface area (Å²) in [5, 5.41) is 9.35. The van der Waals surface area contributed by atoms with Crippen LogP contribution in [-0.2, 0) is 6.42 Å². The number of halogens is 1. The van der Waals surface area contributed by atoms with Gasteiger partial charge in [-0.3, -0.25) is 0 Å². The zero-order valence-corrected chi connectivity index (χ0v) is 9.67. The summed E-state index contributed by atoms with van der Waals surface area (Å²) in [6, 6.07) is 3.58. The van der Waals surface area contributed by atoms with Gasteiger partial charge in [0.1, 0.15) is 11.5 Å². The maximum absolute atomic E-state index is 8.79. The van der Waals surface area contributed by atoms with Crippen LogP contribution in [0, 0.1) is 0 Å². The molecule has 0 saturated heterocycles. The molecule has 0 aliphatic carbocycles. The van der Waals surface area contributed by atoms with Crippen LogP contribution in [0.1, 0.15) is 12.0 Å². The molecule has 1 aromatic rings. The van der Waals surface area contributed by atoms with Gasteiger partial charge in [0.2, 0.25) is 0 Å². The molecule has 0 amide bonds. The molecule has 0 aromatic heterocycles. The number of benzene rings is 1. The van der Waals surface area contributed by atoms with Gasteiger partial charge in [0.05, 0.1) is 19.2 Å². The fourth-order valence-corrected chi connectivity index (χ4v) is 1.75. The summed E-state index contributed by atoms with van der Waals surface area (Å²) < 4.78 is 10.3. The summed E-state index contributed by atoms with van der Waals surface area (Å²) in [6.45, 7) is 0.136. The molecule has 0 aliphatic heterocycles. The van der Waals surface area contributed by atoms with E-state index in [1.54, 1.807) is 20.3 Å². The second-order valence-electron chi connectivity index (χ2n) is 3.09. The van der Waals surface area contributed by atoms with Crippen LogP contribution in [0.4, 0.5) is 0 Å². The van der Waals surface area contributed by atoms with Crippen LogP contribution in [0.2, 0.25) is 5.02 Å². The number of aliphatic hydroxyl groups excluding tert-OH is 1. The molecule has 4 heteroatoms. The van der Waals surface area contributed by atoms with Crippen molar-refractivity contribution < 1.29 is 14.6 Å². The molecule has 1 aromatic carbocycles. The van der Waals surface area contributed by atoms with E-state index in [4.69, 9.17) is 26.2 Å². The summed E-state index contributed by atoms with van der Waals surface area (Å²) in [5.74, 6) is 1.36. The van der Waals surface area contributed by atoms with Gasteiger partial charge < -0.3 is 14.6 Å². The molecule has 0 bridgehead atoms. The Morgan fingerprint density at radius 1 is 1.20 bits per heavy atom. The first-order valence-electron chi connectivity index (χ1n) is 4.74. The van der Waals surface area contributed by atoms with E-state index in [0.29, 0.717) is 23.6 Å². The molecule has 0 heterocycles. The van der Waals surface area contributed by atoms with Crippen LogP contribution < -0.4 is 9.47 Å². The third-order valence-corrected chi connectivity index (χ3v) is 2.60. The highest BCUT2D eigenvalue weighted by atomic mass is 35.5. The molecule has 0 radical (unpaired) electrons. The molecule has 0 aliphatic rings. The van der Waals surface area contributed by atoms with Crippen LogP contribution in [0.25, 0.3) is 0 Å². The van der Waals surface area contributed by atoms with Crippen molar-refractivity contribution in [2.45, 2.75) is 12.8 Å². The summed E-state index contributed by atoms with van der Waals surface area (Å²) in [4.78, 5) is 0. The number of hydrogen-bond donors (Lipinski definition) is 1. The second-order valence-corrected chi connectivity index (χ2v) is 3.47. The van der Waals surface area contributed by atoms with Gasteiger partial charge in [-0.05, 0) is 25.0 Å². The van der Waals surface area contributed by atoms with E-state index in [9.17, 15) is 0 Å². The second kappa shape index (κ2) is 5.83. The van der Waals surface area contributed by atoms with E-state index in [2.05, 4.69) is 0 Å². The standard InChI is InChI=1S/C11H15ClO3/c1-14-9-5-6-10(15-2)11(12)8(9)4-3-7-13/h5-6,13H,3-4,7H2,1-2H3. The zero-order chi connectivity index (χ0) is 11.3. The third-order valence-electron chi connectivity index (χ3n) is 2.19. The number of ether oxygens (including phenoxy) is 2. The highest BCUT2D eigenvalue weighted by molar-refractivity contribution is 6.33. The quantitative estimate of drug-likeness (QED) is 0.844. The average Bonchev–Trinajstić information content (AvgIpc) is 2.27. The Morgan fingerprint density at radius 2 is 1.80 bits per heavy atom. The highest BCUT2D eigenvalue weighted by Crippen LogP contribution is 2.35. The number of aliphatic hydroxyl groups is 1. The number of rotatable bonds is 5. The molecular weight excluding hydrogens is 216 g/mol. The van der Waals surface area contributed by atoms with Crippen LogP contribution in [-0.4, -0.2) is 25.9 Å². The predicted molar refractivity (Wildman–Crippen MR) is 60.0 cm³/mol. The van der Waals surface area contributed by atoms with Crippen molar-refractivity contribution >= 4 is 11.6 Å². The topological polar surface area (TPSA) is 38.7 Å². The largest absolute Gasteiger partial charge is 0.496 e. The highest BCUT2D eigenvalue weighted by Gasteiger charge is 2.12. The van der Waals surface area contributed by atoms with Crippen molar-refractivity contribution in [2.24, 2.45) is 0 Å². The lowest BCUT2D eigenvalue weighted by atomic mass is 10.1. The van der Waals surface area contributed by atoms with E-state index in [0.717, 1.165) is 11.3 Å². The molecule has 84 valence electrons. The van der Waals surface area contributed by atoms with Crippen molar-refractivity contribution in [3.63, 3.8) is 0 Å². The molecule has 1 N–H and O–H groups in total. The van der Waals surface area contributed by atoms with Gasteiger partial charge in [0.25, 0.3) is 0 Å². The smallest absolute Gasteiger partial charge is 0.138 e. The molecule has 0 saturated carbocycles. The Hall–Kier alpha value is -0.930. The monoisotopic (exact) mass is 230 g/mol. The van der Waals surface area contributed by atoms with E-state index >= 15 is 0 Å². The van der Waals surface area contributed by atoms with Gasteiger partial charge in [0, 0.05) is 12.2 Å². The average molecular weight is 231 g/mol. The fraction of sp³-hybridized carbons (Fsp3) is 0.455. The lowest BCUT2D eigenvalue weighted by molar-refractivity contribution is 0.287. The molecule has 0 unspecified atom stereocenters. The minimum absolute atomic E-state index is 0.136. The summed E-state index contributed by atoms with van der Waals surface area (Å²) in [7, 11) is 3.17. The van der Waals surface area contributed by atoms with Gasteiger partial charge >= 0.3 is 0 Å². The molecule has 0 atom stereocenters. The lowest BCUT2D eigenvalue weighted by Crippen LogP contribution is -1.97. The van der Waals surface area contributed by atoms with Crippen molar-refractivity contribution in [1.29, 1.82) is 0 Å². The van der Waals surface area contributed by atoms with Gasteiger partial charge in [0.15, 0.2) is 0 Å². The first kappa shape index (κ1) is 12.1. The number of methoxy groups -OCH3 is 2. The van der Waals surface area contributed by atoms with Crippen molar-refractivity contribution in [2.75, 3.05) is 20.8 Å². The minimum Gasteiger partial charge on any atom is -0.496 e. The van der Waals surface area contributed by atoms with E-state index in [-0.39, 0.29) is 6.61 Å². The van der Waals surface area contributed by atoms with Crippen molar-refractivity contribution in [3.05, 3.63) is 22.7 Å². The molecule has 1 rings (SSSR count). The van der Waals surface area contributed by atoms with Gasteiger partial charge in [-0.15, -0.1) is 0 Å². The SMILES string of the molecule is COc1ccc(OC)c(CCCO)c1Cl. The van der Waals surface area contributed by atoms with Gasteiger partial charge in [-0.2, -0.15) is 0 Å². The van der Waals surface area contributed by atoms with Crippen LogP contribution in [0.15, 0.2) is 12.1 Å². The third kappa shape index (κ3) is 2.76. The van der Waals surface area contributed by atoms with E-state index < -0.39 is 0 Å². The number of hydrogen-bond acceptors (Lipinski definition) is 3. The fourth-order valence-electron chi connectivity index (χ4n) is 1.42. The summed E-state index contributed by atoms with van der Waals surface area (Å²) in [5.41, 5.74) is 0.882. The predicted octanol–water partition coefficient (Wildman–Crippen LogP) is 2.28. The maximum Gasteiger partial charge on any atom is 0.138 e. The zero-order valence-electron chi connectivity index (χ0n) is 8.92. The van der Waals surface area contributed by atoms with Gasteiger partial charge in [-0.1, -0.05) is 11.6 Å². The van der Waals surface area contributed by atoms with Crippen LogP contribution >= 0.6 is 11.6 Å². The Bertz CT molecular complexity index is 326. The molecule has 0 fully saturated rings. The molecule has 0 spiro atoms. The van der Waals surface area contributed by atoms with E-state index in [1.807, 2.05) is 6.07 Å². The summed E-state index contributed by atoms with van der Waals surface area (Å²) in [6.07, 6.45) is 1.33. The normalized spacial score (nSPS) is 10.1. The summed E-state index contributed by atoms with van der Waals surface area (Å²) >= 11 is 6.14. The van der Waals surface area contributed by atoms with Crippen molar-refractivity contribution in [3.8, 4) is 11.5 Å². The first-order chi connectivity index (χ1) is 7.24. The molecule has 3 nitrogen and oxygen atoms in total. The Labute approximate surface area is 94.6 Å². The van der Waals surface area contributed by atoms with Crippen molar-refractivity contribution in [1.82, 2.24) is 0 Å². The first-order valence-corrected chi connectivity index (χ1v) is 5.12. The minimum atomic E-state index is 0.136. The lowest BCUT2D eigenvalue weighted by Gasteiger charge is -2.12. The Kier molecular flexibility index (Phi) is 4.72. The maximum atomic E-state index is 8.79. The molecular formula is C11H15ClO3. The Morgan fingerprint density at radius 3 is 2.33 bits per heavy atom. The Balaban J connectivity index is 3.05. The molecule has 15 heavy (non-hydrogen) atoms. The van der Waals surface area contributed by atoms with Crippen LogP contribution in [0.3, 0.4) is 0 Å².